The van der Waals surface area contributed by atoms with Gasteiger partial charge in [0, 0.05) is 11.6 Å². The number of rotatable bonds is 0. The number of nitrogen functional groups attached to an aromatic ring is 1. The maximum absolute atomic E-state index is 5.78. The van der Waals surface area contributed by atoms with E-state index < -0.39 is 0 Å². The van der Waals surface area contributed by atoms with Crippen molar-refractivity contribution in [1.82, 2.24) is 20.2 Å². The van der Waals surface area contributed by atoms with Crippen molar-refractivity contribution in [3.63, 3.8) is 0 Å². The molecule has 0 bridgehead atoms. The molecule has 14 heavy (non-hydrogen) atoms. The average molecular weight is 185 g/mol. The van der Waals surface area contributed by atoms with Gasteiger partial charge in [-0.1, -0.05) is 0 Å². The first kappa shape index (κ1) is 7.25. The molecule has 3 rings (SSSR count). The van der Waals surface area contributed by atoms with Crippen LogP contribution in [0, 0.1) is 0 Å². The van der Waals surface area contributed by atoms with Gasteiger partial charge in [-0.3, -0.25) is 15.1 Å². The van der Waals surface area contributed by atoms with Crippen molar-refractivity contribution in [1.29, 1.82) is 0 Å². The van der Waals surface area contributed by atoms with E-state index in [1.54, 1.807) is 24.7 Å². The van der Waals surface area contributed by atoms with Gasteiger partial charge in [0.2, 0.25) is 0 Å². The molecule has 0 radical (unpaired) electrons. The molecule has 0 aliphatic heterocycles. The summed E-state index contributed by atoms with van der Waals surface area (Å²) in [5.74, 6) is 0. The van der Waals surface area contributed by atoms with Gasteiger partial charge in [-0.25, -0.2) is 0 Å². The summed E-state index contributed by atoms with van der Waals surface area (Å²) in [6.45, 7) is 0. The number of anilines is 1. The van der Waals surface area contributed by atoms with E-state index >= 15 is 0 Å². The van der Waals surface area contributed by atoms with Crippen LogP contribution in [0.2, 0.25) is 0 Å². The molecular formula is C9H7N5. The fourth-order valence-corrected chi connectivity index (χ4v) is 1.51. The molecule has 0 unspecified atom stereocenters. The molecule has 3 aromatic rings. The largest absolute Gasteiger partial charge is 0.397 e. The van der Waals surface area contributed by atoms with Crippen LogP contribution in [0.3, 0.4) is 0 Å². The Morgan fingerprint density at radius 3 is 3.00 bits per heavy atom. The summed E-state index contributed by atoms with van der Waals surface area (Å²) >= 11 is 0. The fraction of sp³-hybridized carbons (Fsp3) is 0. The number of hydrogen-bond donors (Lipinski definition) is 2. The van der Waals surface area contributed by atoms with Crippen molar-refractivity contribution in [2.45, 2.75) is 0 Å². The monoisotopic (exact) mass is 185 g/mol. The molecule has 5 nitrogen and oxygen atoms in total. The van der Waals surface area contributed by atoms with Gasteiger partial charge in [0.25, 0.3) is 0 Å². The third-order valence-corrected chi connectivity index (χ3v) is 2.20. The lowest BCUT2D eigenvalue weighted by molar-refractivity contribution is 1.12. The third kappa shape index (κ3) is 0.806. The maximum Gasteiger partial charge on any atom is 0.112 e. The summed E-state index contributed by atoms with van der Waals surface area (Å²) in [4.78, 5) is 8.46. The van der Waals surface area contributed by atoms with E-state index in [-0.39, 0.29) is 0 Å². The van der Waals surface area contributed by atoms with Gasteiger partial charge in [0.15, 0.2) is 0 Å². The number of nitrogens with two attached hydrogens (primary N) is 1. The lowest BCUT2D eigenvalue weighted by atomic mass is 10.2. The quantitative estimate of drug-likeness (QED) is 0.549. The number of H-pyrrole nitrogens is 1. The predicted molar refractivity (Wildman–Crippen MR) is 53.6 cm³/mol. The minimum Gasteiger partial charge on any atom is -0.397 e. The highest BCUT2D eigenvalue weighted by molar-refractivity contribution is 6.04. The first-order valence-electron chi connectivity index (χ1n) is 4.18. The molecule has 0 saturated carbocycles. The highest BCUT2D eigenvalue weighted by Gasteiger charge is 2.05. The van der Waals surface area contributed by atoms with Gasteiger partial charge < -0.3 is 5.73 Å². The molecule has 0 aliphatic carbocycles. The van der Waals surface area contributed by atoms with Crippen molar-refractivity contribution < 1.29 is 0 Å². The Balaban J connectivity index is 2.64. The van der Waals surface area contributed by atoms with Crippen molar-refractivity contribution in [2.24, 2.45) is 0 Å². The maximum atomic E-state index is 5.78. The molecule has 3 aromatic heterocycles. The first-order chi connectivity index (χ1) is 6.86. The minimum atomic E-state index is 0.637. The summed E-state index contributed by atoms with van der Waals surface area (Å²) < 4.78 is 0. The topological polar surface area (TPSA) is 80.5 Å². The Kier molecular flexibility index (Phi) is 1.25. The normalized spacial score (nSPS) is 11.1. The number of nitrogens with zero attached hydrogens (tertiary/aromatic N) is 3. The van der Waals surface area contributed by atoms with E-state index in [9.17, 15) is 0 Å². The van der Waals surface area contributed by atoms with Crippen molar-refractivity contribution in [2.75, 3.05) is 5.73 Å². The second-order valence-corrected chi connectivity index (χ2v) is 3.05. The number of aromatic nitrogens is 4. The van der Waals surface area contributed by atoms with Crippen molar-refractivity contribution in [3.8, 4) is 0 Å². The van der Waals surface area contributed by atoms with Crippen LogP contribution in [-0.4, -0.2) is 20.2 Å². The molecule has 3 heterocycles. The van der Waals surface area contributed by atoms with E-state index in [1.165, 1.54) is 0 Å². The Morgan fingerprint density at radius 1 is 1.14 bits per heavy atom. The van der Waals surface area contributed by atoms with Gasteiger partial charge in [0.1, 0.15) is 11.0 Å². The Labute approximate surface area is 79.0 Å². The number of hydrogen-bond acceptors (Lipinski definition) is 4. The molecule has 68 valence electrons. The van der Waals surface area contributed by atoms with E-state index in [1.807, 2.05) is 0 Å². The van der Waals surface area contributed by atoms with Crippen LogP contribution < -0.4 is 5.73 Å². The van der Waals surface area contributed by atoms with Crippen LogP contribution in [0.5, 0.6) is 0 Å². The second-order valence-electron chi connectivity index (χ2n) is 3.05. The lowest BCUT2D eigenvalue weighted by Gasteiger charge is -1.99. The Hall–Kier alpha value is -2.17. The summed E-state index contributed by atoms with van der Waals surface area (Å²) in [6.07, 6.45) is 5.11. The highest BCUT2D eigenvalue weighted by Crippen LogP contribution is 2.22. The first-order valence-corrected chi connectivity index (χ1v) is 4.18. The van der Waals surface area contributed by atoms with Gasteiger partial charge >= 0.3 is 0 Å². The molecule has 0 fully saturated rings. The van der Waals surface area contributed by atoms with E-state index in [4.69, 9.17) is 5.73 Å². The summed E-state index contributed by atoms with van der Waals surface area (Å²) in [6, 6.07) is 1.74. The van der Waals surface area contributed by atoms with Crippen molar-refractivity contribution >= 4 is 27.6 Å². The second kappa shape index (κ2) is 2.41. The zero-order valence-electron chi connectivity index (χ0n) is 7.23. The predicted octanol–water partition coefficient (Wildman–Crippen LogP) is 1.09. The number of nitrogens with one attached hydrogen (secondary N) is 1. The van der Waals surface area contributed by atoms with Crippen molar-refractivity contribution in [3.05, 3.63) is 24.7 Å². The third-order valence-electron chi connectivity index (χ3n) is 2.20. The highest BCUT2D eigenvalue weighted by atomic mass is 15.1. The number of fused-ring (bicyclic) bond motifs is 3. The van der Waals surface area contributed by atoms with Crippen LogP contribution in [0.15, 0.2) is 24.7 Å². The minimum absolute atomic E-state index is 0.637. The van der Waals surface area contributed by atoms with Crippen LogP contribution in [0.4, 0.5) is 5.69 Å². The Bertz CT molecular complexity index is 613. The summed E-state index contributed by atoms with van der Waals surface area (Å²) in [7, 11) is 0. The van der Waals surface area contributed by atoms with Crippen LogP contribution in [0.1, 0.15) is 0 Å². The standard InChI is InChI=1S/C9H7N5/c10-6-1-2-11-8-5-3-13-14-7(5)4-12-9(6)8/h1-4H,(H2,10,11)(H,13,14). The summed E-state index contributed by atoms with van der Waals surface area (Å²) in [5.41, 5.74) is 8.80. The molecule has 0 spiro atoms. The number of pyridine rings is 2. The van der Waals surface area contributed by atoms with E-state index in [0.717, 1.165) is 21.9 Å². The fourth-order valence-electron chi connectivity index (χ4n) is 1.51. The van der Waals surface area contributed by atoms with Crippen LogP contribution in [0.25, 0.3) is 21.9 Å². The van der Waals surface area contributed by atoms with E-state index in [2.05, 4.69) is 20.2 Å². The molecule has 0 aliphatic rings. The zero-order valence-corrected chi connectivity index (χ0v) is 7.23. The van der Waals surface area contributed by atoms with Gasteiger partial charge in [-0.05, 0) is 6.07 Å². The van der Waals surface area contributed by atoms with E-state index in [0.29, 0.717) is 5.69 Å². The van der Waals surface area contributed by atoms with Gasteiger partial charge in [-0.15, -0.1) is 0 Å². The van der Waals surface area contributed by atoms with Gasteiger partial charge in [-0.2, -0.15) is 5.10 Å². The zero-order chi connectivity index (χ0) is 9.54. The molecule has 0 amide bonds. The Morgan fingerprint density at radius 2 is 2.07 bits per heavy atom. The molecule has 5 heteroatoms. The number of aromatic amines is 1. The molecule has 0 saturated heterocycles. The lowest BCUT2D eigenvalue weighted by Crippen LogP contribution is -1.91. The molecule has 0 atom stereocenters. The van der Waals surface area contributed by atoms with Crippen LogP contribution >= 0.6 is 0 Å². The molecular weight excluding hydrogens is 178 g/mol. The van der Waals surface area contributed by atoms with Crippen LogP contribution in [-0.2, 0) is 0 Å². The molecule has 0 aromatic carbocycles. The smallest absolute Gasteiger partial charge is 0.112 e. The molecule has 3 N–H and O–H groups in total. The summed E-state index contributed by atoms with van der Waals surface area (Å²) in [5, 5.41) is 7.72. The van der Waals surface area contributed by atoms with Gasteiger partial charge in [0.05, 0.1) is 23.6 Å². The average Bonchev–Trinajstić information content (AvgIpc) is 2.66. The SMILES string of the molecule is Nc1ccnc2c1ncc1[nH]ncc12.